The van der Waals surface area contributed by atoms with Crippen molar-refractivity contribution in [3.63, 3.8) is 0 Å². The molecule has 11 nitrogen and oxygen atoms in total. The minimum Gasteiger partial charge on any atom is -0.463 e. The molecule has 200 valence electrons. The van der Waals surface area contributed by atoms with E-state index in [1.54, 1.807) is 0 Å². The first-order valence-electron chi connectivity index (χ1n) is 10.9. The number of ether oxygens (including phenoxy) is 5. The van der Waals surface area contributed by atoms with E-state index in [-0.39, 0.29) is 11.1 Å². The maximum atomic E-state index is 13.8. The lowest BCUT2D eigenvalue weighted by molar-refractivity contribution is -0.285. The molecule has 0 aliphatic carbocycles. The SMILES string of the molecule is CC(=O)OC[C@H]1OC(OC(C)=O)[C@H](OC(C)=O)[C@@H](n2cc(-c3cc(F)c(F)c(F)c3)cn2)[C@H]1OC(C)=O. The van der Waals surface area contributed by atoms with Crippen LogP contribution in [0.3, 0.4) is 0 Å². The van der Waals surface area contributed by atoms with E-state index in [1.807, 2.05) is 0 Å². The van der Waals surface area contributed by atoms with Crippen LogP contribution in [0.2, 0.25) is 0 Å². The topological polar surface area (TPSA) is 132 Å². The van der Waals surface area contributed by atoms with Gasteiger partial charge in [-0.05, 0) is 17.7 Å². The lowest BCUT2D eigenvalue weighted by Gasteiger charge is -2.44. The highest BCUT2D eigenvalue weighted by Gasteiger charge is 2.53. The minimum absolute atomic E-state index is 0.0734. The van der Waals surface area contributed by atoms with Crippen LogP contribution >= 0.6 is 0 Å². The average molecular weight is 528 g/mol. The fraction of sp³-hybridized carbons (Fsp3) is 0.435. The molecule has 1 aliphatic rings. The third kappa shape index (κ3) is 6.64. The zero-order chi connectivity index (χ0) is 27.4. The average Bonchev–Trinajstić information content (AvgIpc) is 3.26. The summed E-state index contributed by atoms with van der Waals surface area (Å²) in [4.78, 5) is 47.1. The molecule has 0 spiro atoms. The number of carbonyl (C=O) groups excluding carboxylic acids is 4. The fourth-order valence-electron chi connectivity index (χ4n) is 3.81. The van der Waals surface area contributed by atoms with Gasteiger partial charge in [0.15, 0.2) is 29.7 Å². The Morgan fingerprint density at radius 3 is 1.97 bits per heavy atom. The summed E-state index contributed by atoms with van der Waals surface area (Å²) < 4.78 is 68.9. The van der Waals surface area contributed by atoms with Gasteiger partial charge in [-0.2, -0.15) is 5.10 Å². The highest BCUT2D eigenvalue weighted by molar-refractivity contribution is 5.68. The Bertz CT molecular complexity index is 1180. The number of halogens is 3. The Hall–Kier alpha value is -3.94. The van der Waals surface area contributed by atoms with Crippen LogP contribution < -0.4 is 0 Å². The summed E-state index contributed by atoms with van der Waals surface area (Å²) in [6.07, 6.45) is -3.08. The number of benzene rings is 1. The summed E-state index contributed by atoms with van der Waals surface area (Å²) in [5, 5.41) is 4.15. The van der Waals surface area contributed by atoms with Gasteiger partial charge in [0.1, 0.15) is 18.8 Å². The Morgan fingerprint density at radius 2 is 1.43 bits per heavy atom. The molecule has 3 rings (SSSR count). The molecule has 5 atom stereocenters. The zero-order valence-electron chi connectivity index (χ0n) is 20.1. The van der Waals surface area contributed by atoms with Crippen molar-refractivity contribution in [2.45, 2.75) is 58.3 Å². The molecule has 2 heterocycles. The van der Waals surface area contributed by atoms with E-state index in [0.717, 1.165) is 44.5 Å². The van der Waals surface area contributed by atoms with Crippen molar-refractivity contribution in [3.8, 4) is 11.1 Å². The Morgan fingerprint density at radius 1 is 0.865 bits per heavy atom. The normalized spacial score (nSPS) is 23.2. The van der Waals surface area contributed by atoms with Crippen molar-refractivity contribution >= 4 is 23.9 Å². The van der Waals surface area contributed by atoms with Crippen molar-refractivity contribution in [1.29, 1.82) is 0 Å². The van der Waals surface area contributed by atoms with E-state index >= 15 is 0 Å². The lowest BCUT2D eigenvalue weighted by atomic mass is 9.95. The summed E-state index contributed by atoms with van der Waals surface area (Å²) in [6.45, 7) is 3.93. The summed E-state index contributed by atoms with van der Waals surface area (Å²) in [7, 11) is 0. The molecule has 1 unspecified atom stereocenters. The van der Waals surface area contributed by atoms with Crippen molar-refractivity contribution < 1.29 is 56.0 Å². The second-order valence-corrected chi connectivity index (χ2v) is 8.06. The minimum atomic E-state index is -1.65. The highest BCUT2D eigenvalue weighted by atomic mass is 19.2. The van der Waals surface area contributed by atoms with Crippen molar-refractivity contribution in [1.82, 2.24) is 9.78 Å². The van der Waals surface area contributed by atoms with Gasteiger partial charge in [-0.15, -0.1) is 0 Å². The molecule has 0 saturated carbocycles. The molecule has 1 aromatic carbocycles. The zero-order valence-corrected chi connectivity index (χ0v) is 20.1. The van der Waals surface area contributed by atoms with Crippen molar-refractivity contribution in [3.05, 3.63) is 42.0 Å². The first-order chi connectivity index (χ1) is 17.4. The second-order valence-electron chi connectivity index (χ2n) is 8.06. The monoisotopic (exact) mass is 528 g/mol. The molecule has 1 saturated heterocycles. The van der Waals surface area contributed by atoms with Crippen LogP contribution in [-0.2, 0) is 42.9 Å². The predicted octanol–water partition coefficient (Wildman–Crippen LogP) is 2.22. The van der Waals surface area contributed by atoms with Gasteiger partial charge in [0.2, 0.25) is 6.29 Å². The largest absolute Gasteiger partial charge is 0.463 e. The number of carbonyl (C=O) groups is 4. The third-order valence-corrected chi connectivity index (χ3v) is 5.18. The van der Waals surface area contributed by atoms with Gasteiger partial charge < -0.3 is 23.7 Å². The van der Waals surface area contributed by atoms with E-state index in [1.165, 1.54) is 12.4 Å². The summed E-state index contributed by atoms with van der Waals surface area (Å²) in [5.41, 5.74) is 0.0452. The maximum absolute atomic E-state index is 13.8. The first-order valence-corrected chi connectivity index (χ1v) is 10.9. The van der Waals surface area contributed by atoms with Crippen LogP contribution in [0.25, 0.3) is 11.1 Å². The molecule has 14 heteroatoms. The molecule has 1 aliphatic heterocycles. The number of hydrogen-bond acceptors (Lipinski definition) is 10. The maximum Gasteiger partial charge on any atom is 0.305 e. The molecule has 0 bridgehead atoms. The smallest absolute Gasteiger partial charge is 0.305 e. The van der Waals surface area contributed by atoms with Gasteiger partial charge in [-0.3, -0.25) is 23.9 Å². The molecule has 37 heavy (non-hydrogen) atoms. The highest BCUT2D eigenvalue weighted by Crippen LogP contribution is 2.36. The number of aromatic nitrogens is 2. The molecule has 0 amide bonds. The number of rotatable bonds is 7. The molecule has 0 radical (unpaired) electrons. The van der Waals surface area contributed by atoms with Gasteiger partial charge in [-0.25, -0.2) is 13.2 Å². The van der Waals surface area contributed by atoms with Gasteiger partial charge in [0.05, 0.1) is 6.20 Å². The predicted molar refractivity (Wildman–Crippen MR) is 115 cm³/mol. The number of hydrogen-bond donors (Lipinski definition) is 0. The van der Waals surface area contributed by atoms with E-state index < -0.39 is 78.6 Å². The van der Waals surface area contributed by atoms with Gasteiger partial charge in [-0.1, -0.05) is 0 Å². The van der Waals surface area contributed by atoms with Gasteiger partial charge in [0, 0.05) is 39.5 Å². The van der Waals surface area contributed by atoms with Crippen LogP contribution in [-0.4, -0.2) is 64.9 Å². The Kier molecular flexibility index (Phi) is 8.53. The molecule has 1 aromatic heterocycles. The fourth-order valence-corrected chi connectivity index (χ4v) is 3.81. The Balaban J connectivity index is 2.12. The molecule has 0 N–H and O–H groups in total. The quantitative estimate of drug-likeness (QED) is 0.299. The first kappa shape index (κ1) is 27.6. The van der Waals surface area contributed by atoms with E-state index in [9.17, 15) is 32.3 Å². The van der Waals surface area contributed by atoms with E-state index in [0.29, 0.717) is 0 Å². The standard InChI is InChI=1S/C23H23F3N2O9/c1-10(29)33-9-18-21(34-11(2)30)20(22(35-12(3)31)23(37-18)36-13(4)32)28-8-15(7-27-28)14-5-16(24)19(26)17(25)6-14/h5-8,18,20-23H,9H2,1-4H3/t18-,20+,21+,22-,23?/m1/s1. The molecule has 1 fully saturated rings. The number of esters is 4. The summed E-state index contributed by atoms with van der Waals surface area (Å²) in [6, 6.07) is 0.264. The van der Waals surface area contributed by atoms with Gasteiger partial charge >= 0.3 is 23.9 Å². The van der Waals surface area contributed by atoms with E-state index in [4.69, 9.17) is 23.7 Å². The third-order valence-electron chi connectivity index (χ3n) is 5.18. The van der Waals surface area contributed by atoms with Crippen molar-refractivity contribution in [2.75, 3.05) is 6.61 Å². The summed E-state index contributed by atoms with van der Waals surface area (Å²) >= 11 is 0. The molecular weight excluding hydrogens is 505 g/mol. The second kappa shape index (κ2) is 11.4. The summed E-state index contributed by atoms with van der Waals surface area (Å²) in [5.74, 6) is -7.60. The van der Waals surface area contributed by atoms with Crippen molar-refractivity contribution in [2.24, 2.45) is 0 Å². The van der Waals surface area contributed by atoms with Crippen LogP contribution in [0, 0.1) is 17.5 Å². The van der Waals surface area contributed by atoms with Crippen LogP contribution in [0.4, 0.5) is 13.2 Å². The Labute approximate surface area is 208 Å². The van der Waals surface area contributed by atoms with Crippen LogP contribution in [0.5, 0.6) is 0 Å². The van der Waals surface area contributed by atoms with Crippen LogP contribution in [0.15, 0.2) is 24.5 Å². The number of nitrogens with zero attached hydrogens (tertiary/aromatic N) is 2. The lowest BCUT2D eigenvalue weighted by Crippen LogP contribution is -2.59. The molecular formula is C23H23F3N2O9. The van der Waals surface area contributed by atoms with Crippen LogP contribution in [0.1, 0.15) is 33.7 Å². The van der Waals surface area contributed by atoms with Gasteiger partial charge in [0.25, 0.3) is 0 Å². The van der Waals surface area contributed by atoms with E-state index in [2.05, 4.69) is 5.10 Å². The molecule has 2 aromatic rings.